The molecule has 0 amide bonds. The second-order valence-corrected chi connectivity index (χ2v) is 7.97. The molecule has 1 aromatic heterocycles. The number of rotatable bonds is 4. The van der Waals surface area contributed by atoms with Crippen molar-refractivity contribution in [3.63, 3.8) is 0 Å². The van der Waals surface area contributed by atoms with Crippen LogP contribution in [-0.2, 0) is 0 Å². The summed E-state index contributed by atoms with van der Waals surface area (Å²) in [4.78, 5) is 0. The first-order chi connectivity index (χ1) is 14.5. The smallest absolute Gasteiger partial charge is 0.216 e. The van der Waals surface area contributed by atoms with E-state index in [-0.39, 0.29) is 22.8 Å². The summed E-state index contributed by atoms with van der Waals surface area (Å²) < 4.78 is 1.90. The van der Waals surface area contributed by atoms with Crippen LogP contribution in [0.1, 0.15) is 30.4 Å². The van der Waals surface area contributed by atoms with Gasteiger partial charge in [-0.15, -0.1) is 0 Å². The van der Waals surface area contributed by atoms with Crippen molar-refractivity contribution in [2.75, 3.05) is 0 Å². The Morgan fingerprint density at radius 2 is 1.83 bits per heavy atom. The lowest BCUT2D eigenvalue weighted by atomic mass is 9.74. The van der Waals surface area contributed by atoms with Gasteiger partial charge in [0.2, 0.25) is 11.8 Å². The summed E-state index contributed by atoms with van der Waals surface area (Å²) >= 11 is 6.09. The minimum Gasteiger partial charge on any atom is -0.365 e. The van der Waals surface area contributed by atoms with Crippen LogP contribution in [0.5, 0.6) is 0 Å². The molecule has 148 valence electrons. The van der Waals surface area contributed by atoms with Crippen LogP contribution in [0.2, 0.25) is 5.02 Å². The van der Waals surface area contributed by atoms with E-state index in [0.717, 1.165) is 18.4 Å². The number of pyridine rings is 1. The molecule has 0 spiro atoms. The highest BCUT2D eigenvalue weighted by Crippen LogP contribution is 2.52. The van der Waals surface area contributed by atoms with Crippen LogP contribution in [0.3, 0.4) is 0 Å². The Kier molecular flexibility index (Phi) is 5.16. The number of allylic oxidation sites excluding steroid dienone is 2. The fourth-order valence-corrected chi connectivity index (χ4v) is 4.39. The zero-order valence-electron chi connectivity index (χ0n) is 16.0. The number of nitrogens with zero attached hydrogens (tertiary/aromatic N) is 3. The van der Waals surface area contributed by atoms with Crippen molar-refractivity contribution in [1.82, 2.24) is 5.32 Å². The van der Waals surface area contributed by atoms with Crippen molar-refractivity contribution in [3.8, 4) is 12.1 Å². The van der Waals surface area contributed by atoms with Crippen LogP contribution in [0.4, 0.5) is 0 Å². The predicted molar refractivity (Wildman–Crippen MR) is 110 cm³/mol. The third kappa shape index (κ3) is 3.28. The van der Waals surface area contributed by atoms with E-state index in [4.69, 9.17) is 17.0 Å². The van der Waals surface area contributed by atoms with Gasteiger partial charge in [0.15, 0.2) is 12.4 Å². The average molecular weight is 417 g/mol. The van der Waals surface area contributed by atoms with Crippen molar-refractivity contribution in [3.05, 3.63) is 82.3 Å². The van der Waals surface area contributed by atoms with Gasteiger partial charge < -0.3 is 10.4 Å². The Bertz CT molecular complexity index is 1130. The zero-order valence-corrected chi connectivity index (χ0v) is 16.8. The molecule has 3 N–H and O–H groups in total. The van der Waals surface area contributed by atoms with E-state index in [2.05, 4.69) is 17.3 Å². The van der Waals surface area contributed by atoms with Gasteiger partial charge in [0.25, 0.3) is 0 Å². The molecule has 0 radical (unpaired) electrons. The first-order valence-electron chi connectivity index (χ1n) is 9.59. The highest BCUT2D eigenvalue weighted by atomic mass is 35.5. The molecular formula is C23H19ClN5O+. The number of hydrogen-bond donors (Lipinski definition) is 3. The lowest BCUT2D eigenvalue weighted by molar-refractivity contribution is -0.742. The number of nitriles is 2. The number of aliphatic hydroxyl groups is 1. The van der Waals surface area contributed by atoms with Crippen LogP contribution < -0.4 is 9.88 Å². The molecule has 0 unspecified atom stereocenters. The highest BCUT2D eigenvalue weighted by molar-refractivity contribution is 6.30. The van der Waals surface area contributed by atoms with Crippen LogP contribution in [-0.4, -0.2) is 16.7 Å². The van der Waals surface area contributed by atoms with E-state index >= 15 is 0 Å². The molecule has 1 fully saturated rings. The van der Waals surface area contributed by atoms with E-state index in [1.807, 2.05) is 53.4 Å². The van der Waals surface area contributed by atoms with Crippen molar-refractivity contribution in [1.29, 1.82) is 15.9 Å². The lowest BCUT2D eigenvalue weighted by Crippen LogP contribution is -2.66. The minimum atomic E-state index is -1.41. The maximum atomic E-state index is 11.9. The van der Waals surface area contributed by atoms with E-state index < -0.39 is 17.7 Å². The molecule has 2 aliphatic rings. The summed E-state index contributed by atoms with van der Waals surface area (Å²) in [5, 5.41) is 42.7. The molecule has 0 saturated heterocycles. The average Bonchev–Trinajstić information content (AvgIpc) is 3.61. The van der Waals surface area contributed by atoms with Crippen LogP contribution >= 0.6 is 11.6 Å². The molecule has 7 heteroatoms. The zero-order chi connectivity index (χ0) is 21.3. The van der Waals surface area contributed by atoms with Crippen molar-refractivity contribution < 1.29 is 9.67 Å². The standard InChI is InChI=1S/C23H19ClN5O/c24-18-8-4-15(5-9-18)20-19(14-27)21(16(12-25)13-26)28-23(30,17-6-7-17)22(20)29-10-2-1-3-11-29/h1-5,8-11,17,20,22,25,28,30H,6-7H2/q+1/t20-,22+,23+/m0/s1. The molecule has 2 heterocycles. The fourth-order valence-electron chi connectivity index (χ4n) is 4.26. The van der Waals surface area contributed by atoms with E-state index in [1.165, 1.54) is 0 Å². The second kappa shape index (κ2) is 7.78. The molecule has 3 atom stereocenters. The SMILES string of the molecule is N#CC(=C=N)C1=C(C#N)[C@H](c2ccc(Cl)cc2)[C@@H]([n+]2ccccc2)[C@](O)(C2CC2)N1. The Morgan fingerprint density at radius 1 is 1.17 bits per heavy atom. The first-order valence-corrected chi connectivity index (χ1v) is 9.97. The minimum absolute atomic E-state index is 0.0501. The summed E-state index contributed by atoms with van der Waals surface area (Å²) in [6.07, 6.45) is 5.37. The Hall–Kier alpha value is -3.41. The maximum absolute atomic E-state index is 11.9. The van der Waals surface area contributed by atoms with Gasteiger partial charge in [-0.1, -0.05) is 29.8 Å². The fraction of sp³-hybridized carbons (Fsp3) is 0.261. The molecule has 1 aliphatic carbocycles. The largest absolute Gasteiger partial charge is 0.365 e. The Labute approximate surface area is 179 Å². The highest BCUT2D eigenvalue weighted by Gasteiger charge is 2.61. The van der Waals surface area contributed by atoms with Gasteiger partial charge in [-0.2, -0.15) is 15.1 Å². The van der Waals surface area contributed by atoms with Gasteiger partial charge in [-0.3, -0.25) is 5.41 Å². The molecule has 1 saturated carbocycles. The lowest BCUT2D eigenvalue weighted by Gasteiger charge is -2.43. The van der Waals surface area contributed by atoms with Crippen LogP contribution in [0.25, 0.3) is 0 Å². The van der Waals surface area contributed by atoms with Gasteiger partial charge in [0, 0.05) is 23.1 Å². The summed E-state index contributed by atoms with van der Waals surface area (Å²) in [6.45, 7) is 0. The van der Waals surface area contributed by atoms with Gasteiger partial charge in [-0.25, -0.2) is 0 Å². The van der Waals surface area contributed by atoms with E-state index in [9.17, 15) is 15.6 Å². The van der Waals surface area contributed by atoms with Crippen LogP contribution in [0.15, 0.2) is 71.7 Å². The van der Waals surface area contributed by atoms with Crippen LogP contribution in [0, 0.1) is 34.0 Å². The Balaban J connectivity index is 2.03. The quantitative estimate of drug-likeness (QED) is 0.404. The monoisotopic (exact) mass is 416 g/mol. The van der Waals surface area contributed by atoms with Gasteiger partial charge in [0.1, 0.15) is 11.6 Å². The van der Waals surface area contributed by atoms with Gasteiger partial charge in [-0.05, 0) is 36.4 Å². The molecule has 0 bridgehead atoms. The Morgan fingerprint density at radius 3 is 2.37 bits per heavy atom. The predicted octanol–water partition coefficient (Wildman–Crippen LogP) is 3.13. The normalized spacial score (nSPS) is 25.5. The molecule has 4 rings (SSSR count). The molecule has 1 aromatic carbocycles. The molecular weight excluding hydrogens is 398 g/mol. The van der Waals surface area contributed by atoms with Gasteiger partial charge >= 0.3 is 0 Å². The third-order valence-electron chi connectivity index (χ3n) is 5.77. The topological polar surface area (TPSA) is 108 Å². The summed E-state index contributed by atoms with van der Waals surface area (Å²) in [5.74, 6) is 1.51. The third-order valence-corrected chi connectivity index (χ3v) is 6.02. The molecule has 2 aromatic rings. The van der Waals surface area contributed by atoms with Gasteiger partial charge in [0.05, 0.1) is 23.3 Å². The molecule has 1 aliphatic heterocycles. The molecule has 6 nitrogen and oxygen atoms in total. The second-order valence-electron chi connectivity index (χ2n) is 7.53. The van der Waals surface area contributed by atoms with Crippen molar-refractivity contribution in [2.24, 2.45) is 5.92 Å². The summed E-state index contributed by atoms with van der Waals surface area (Å²) in [5.41, 5.74) is -0.290. The van der Waals surface area contributed by atoms with Crippen molar-refractivity contribution >= 4 is 17.5 Å². The number of hydrogen-bond acceptors (Lipinski definition) is 5. The number of nitrogens with one attached hydrogen (secondary N) is 2. The molecule has 30 heavy (non-hydrogen) atoms. The summed E-state index contributed by atoms with van der Waals surface area (Å²) in [6, 6.07) is 16.4. The summed E-state index contributed by atoms with van der Waals surface area (Å²) in [7, 11) is 0. The van der Waals surface area contributed by atoms with E-state index in [0.29, 0.717) is 5.02 Å². The maximum Gasteiger partial charge on any atom is 0.216 e. The number of aromatic nitrogens is 1. The van der Waals surface area contributed by atoms with Crippen molar-refractivity contribution in [2.45, 2.75) is 30.5 Å². The number of benzene rings is 1. The van der Waals surface area contributed by atoms with E-state index in [1.54, 1.807) is 12.1 Å². The first kappa shape index (κ1) is 19.9. The number of halogens is 1.